The Morgan fingerprint density at radius 2 is 1.70 bits per heavy atom. The molecular weight excluding hydrogens is 570 g/mol. The third-order valence-electron chi connectivity index (χ3n) is 6.23. The highest BCUT2D eigenvalue weighted by Gasteiger charge is 2.31. The average molecular weight is 606 g/mol. The molecule has 0 saturated carbocycles. The van der Waals surface area contributed by atoms with Crippen molar-refractivity contribution < 1.29 is 32.5 Å². The maximum Gasteiger partial charge on any atom is 0.264 e. The van der Waals surface area contributed by atoms with Crippen molar-refractivity contribution >= 4 is 21.6 Å². The largest absolute Gasteiger partial charge is 0.493 e. The van der Waals surface area contributed by atoms with Crippen LogP contribution in [0.15, 0.2) is 96.2 Å². The van der Waals surface area contributed by atoms with E-state index in [0.29, 0.717) is 11.5 Å². The molecule has 0 spiro atoms. The molecule has 0 bridgehead atoms. The number of aliphatic hydroxyl groups excluding tert-OH is 1. The predicted octanol–water partition coefficient (Wildman–Crippen LogP) is 5.03. The topological polar surface area (TPSA) is 127 Å². The fourth-order valence-corrected chi connectivity index (χ4v) is 5.89. The highest BCUT2D eigenvalue weighted by molar-refractivity contribution is 7.92. The molecule has 10 nitrogen and oxygen atoms in total. The molecule has 11 heteroatoms. The van der Waals surface area contributed by atoms with E-state index in [1.54, 1.807) is 60.9 Å². The molecule has 2 N–H and O–H groups in total. The maximum absolute atomic E-state index is 14.2. The Morgan fingerprint density at radius 1 is 0.977 bits per heavy atom. The van der Waals surface area contributed by atoms with Gasteiger partial charge >= 0.3 is 0 Å². The summed E-state index contributed by atoms with van der Waals surface area (Å²) in [5, 5.41) is 12.4. The van der Waals surface area contributed by atoms with Gasteiger partial charge in [-0.05, 0) is 53.9 Å². The van der Waals surface area contributed by atoms with E-state index in [0.717, 1.165) is 5.56 Å². The van der Waals surface area contributed by atoms with Crippen LogP contribution in [0.2, 0.25) is 0 Å². The lowest BCUT2D eigenvalue weighted by Gasteiger charge is -2.29. The lowest BCUT2D eigenvalue weighted by Crippen LogP contribution is -2.35. The van der Waals surface area contributed by atoms with Crippen LogP contribution in [0.1, 0.15) is 29.8 Å². The van der Waals surface area contributed by atoms with E-state index in [2.05, 4.69) is 10.3 Å². The molecular formula is C32H35N3O7S. The van der Waals surface area contributed by atoms with Crippen LogP contribution in [0.3, 0.4) is 0 Å². The summed E-state index contributed by atoms with van der Waals surface area (Å²) in [6.07, 6.45) is 3.28. The molecule has 1 aromatic heterocycles. The van der Waals surface area contributed by atoms with Gasteiger partial charge in [0.25, 0.3) is 15.9 Å². The van der Waals surface area contributed by atoms with Crippen LogP contribution in [0, 0.1) is 5.92 Å². The van der Waals surface area contributed by atoms with Crippen LogP contribution in [0.25, 0.3) is 0 Å². The number of aliphatic hydroxyl groups is 1. The van der Waals surface area contributed by atoms with Crippen molar-refractivity contribution in [2.45, 2.75) is 25.3 Å². The molecule has 0 unspecified atom stereocenters. The minimum absolute atomic E-state index is 0.0434. The van der Waals surface area contributed by atoms with Gasteiger partial charge in [-0.25, -0.2) is 8.42 Å². The number of carbonyl (C=O) groups excluding carboxylic acids is 1. The third kappa shape index (κ3) is 7.82. The van der Waals surface area contributed by atoms with Gasteiger partial charge in [-0.15, -0.1) is 0 Å². The van der Waals surface area contributed by atoms with E-state index in [1.165, 1.54) is 35.7 Å². The van der Waals surface area contributed by atoms with Crippen molar-refractivity contribution in [1.82, 2.24) is 10.3 Å². The molecule has 1 amide bonds. The summed E-state index contributed by atoms with van der Waals surface area (Å²) in [4.78, 5) is 17.6. The fourth-order valence-electron chi connectivity index (χ4n) is 4.25. The number of nitrogens with zero attached hydrogens (tertiary/aromatic N) is 2. The molecule has 0 atom stereocenters. The van der Waals surface area contributed by atoms with Gasteiger partial charge in [0.2, 0.25) is 0 Å². The Hall–Kier alpha value is -4.61. The van der Waals surface area contributed by atoms with Crippen molar-refractivity contribution in [3.05, 3.63) is 102 Å². The molecule has 0 saturated heterocycles. The summed E-state index contributed by atoms with van der Waals surface area (Å²) < 4.78 is 47.2. The van der Waals surface area contributed by atoms with Gasteiger partial charge in [-0.1, -0.05) is 50.2 Å². The number of benzene rings is 3. The van der Waals surface area contributed by atoms with Gasteiger partial charge < -0.3 is 24.6 Å². The van der Waals surface area contributed by atoms with Gasteiger partial charge in [-0.3, -0.25) is 14.1 Å². The molecule has 0 fully saturated rings. The molecule has 0 aliphatic carbocycles. The highest BCUT2D eigenvalue weighted by Crippen LogP contribution is 2.45. The summed E-state index contributed by atoms with van der Waals surface area (Å²) in [5.74, 6) is 0.242. The minimum Gasteiger partial charge on any atom is -0.493 e. The van der Waals surface area contributed by atoms with Crippen LogP contribution in [0.4, 0.5) is 5.69 Å². The van der Waals surface area contributed by atoms with Gasteiger partial charge in [0.15, 0.2) is 23.0 Å². The van der Waals surface area contributed by atoms with Crippen LogP contribution >= 0.6 is 0 Å². The van der Waals surface area contributed by atoms with Crippen molar-refractivity contribution in [2.75, 3.05) is 31.2 Å². The smallest absolute Gasteiger partial charge is 0.264 e. The number of hydrogen-bond donors (Lipinski definition) is 2. The van der Waals surface area contributed by atoms with Crippen LogP contribution in [0.5, 0.6) is 23.0 Å². The van der Waals surface area contributed by atoms with E-state index in [1.807, 2.05) is 19.9 Å². The minimum atomic E-state index is -4.14. The maximum atomic E-state index is 14.2. The van der Waals surface area contributed by atoms with E-state index < -0.39 is 15.9 Å². The standard InChI is InChI=1S/C32H35N3O7S/c1-23(2)22-35(43(38,39)26-11-5-4-6-12-26)27-18-25(32(37)34-21-24-10-9-15-33-20-24)19-30(41-17-16-36)31(27)42-29-14-8-7-13-28(29)40-3/h4-15,18-20,23,36H,16-17,21-22H2,1-3H3,(H,34,37). The van der Waals surface area contributed by atoms with E-state index in [-0.39, 0.29) is 59.9 Å². The predicted molar refractivity (Wildman–Crippen MR) is 163 cm³/mol. The molecule has 4 aromatic rings. The Bertz CT molecular complexity index is 1620. The summed E-state index contributed by atoms with van der Waals surface area (Å²) in [6, 6.07) is 21.5. The fraction of sp³-hybridized carbons (Fsp3) is 0.250. The number of carbonyl (C=O) groups is 1. The highest BCUT2D eigenvalue weighted by atomic mass is 32.2. The Morgan fingerprint density at radius 3 is 2.35 bits per heavy atom. The Labute approximate surface area is 251 Å². The lowest BCUT2D eigenvalue weighted by atomic mass is 10.1. The second kappa shape index (κ2) is 14.5. The second-order valence-corrected chi connectivity index (χ2v) is 11.8. The molecule has 0 radical (unpaired) electrons. The number of anilines is 1. The Kier molecular flexibility index (Phi) is 10.6. The SMILES string of the molecule is COc1ccccc1Oc1c(OCCO)cc(C(=O)NCc2cccnc2)cc1N(CC(C)C)S(=O)(=O)c1ccccc1. The lowest BCUT2D eigenvalue weighted by molar-refractivity contribution is 0.0950. The van der Waals surface area contributed by atoms with Crippen LogP contribution < -0.4 is 23.8 Å². The van der Waals surface area contributed by atoms with Crippen LogP contribution in [-0.4, -0.2) is 51.3 Å². The zero-order valence-corrected chi connectivity index (χ0v) is 25.1. The molecule has 0 aliphatic heterocycles. The first-order chi connectivity index (χ1) is 20.7. The van der Waals surface area contributed by atoms with E-state index in [9.17, 15) is 18.3 Å². The van der Waals surface area contributed by atoms with Crippen LogP contribution in [-0.2, 0) is 16.6 Å². The molecule has 43 heavy (non-hydrogen) atoms. The number of amides is 1. The van der Waals surface area contributed by atoms with Crippen molar-refractivity contribution in [3.63, 3.8) is 0 Å². The van der Waals surface area contributed by atoms with E-state index in [4.69, 9.17) is 14.2 Å². The second-order valence-electron chi connectivity index (χ2n) is 9.93. The number of ether oxygens (including phenoxy) is 3. The van der Waals surface area contributed by atoms with Crippen molar-refractivity contribution in [3.8, 4) is 23.0 Å². The summed E-state index contributed by atoms with van der Waals surface area (Å²) in [6.45, 7) is 3.60. The number of methoxy groups -OCH3 is 1. The van der Waals surface area contributed by atoms with Gasteiger partial charge in [0.05, 0.1) is 24.3 Å². The summed E-state index contributed by atoms with van der Waals surface area (Å²) in [5.41, 5.74) is 1.01. The number of nitrogens with one attached hydrogen (secondary N) is 1. The molecule has 1 heterocycles. The number of sulfonamides is 1. The zero-order chi connectivity index (χ0) is 30.8. The van der Waals surface area contributed by atoms with Gasteiger partial charge in [0.1, 0.15) is 6.61 Å². The summed E-state index contributed by atoms with van der Waals surface area (Å²) >= 11 is 0. The molecule has 226 valence electrons. The normalized spacial score (nSPS) is 11.2. The summed E-state index contributed by atoms with van der Waals surface area (Å²) in [7, 11) is -2.64. The Balaban J connectivity index is 1.92. The first-order valence-electron chi connectivity index (χ1n) is 13.7. The van der Waals surface area contributed by atoms with Crippen molar-refractivity contribution in [2.24, 2.45) is 5.92 Å². The number of hydrogen-bond acceptors (Lipinski definition) is 8. The number of pyridine rings is 1. The van der Waals surface area contributed by atoms with Gasteiger partial charge in [-0.2, -0.15) is 0 Å². The molecule has 4 rings (SSSR count). The first-order valence-corrected chi connectivity index (χ1v) is 15.2. The monoisotopic (exact) mass is 605 g/mol. The number of rotatable bonds is 14. The average Bonchev–Trinajstić information content (AvgIpc) is 3.03. The molecule has 0 aliphatic rings. The van der Waals surface area contributed by atoms with Crippen molar-refractivity contribution in [1.29, 1.82) is 0 Å². The quantitative estimate of drug-likeness (QED) is 0.205. The van der Waals surface area contributed by atoms with Gasteiger partial charge in [0, 0.05) is 31.0 Å². The molecule has 3 aromatic carbocycles. The number of para-hydroxylation sites is 2. The number of aromatic nitrogens is 1. The third-order valence-corrected chi connectivity index (χ3v) is 8.03. The zero-order valence-electron chi connectivity index (χ0n) is 24.3. The first kappa shape index (κ1) is 31.3. The van der Waals surface area contributed by atoms with E-state index >= 15 is 0 Å².